The van der Waals surface area contributed by atoms with E-state index in [0.717, 1.165) is 43.5 Å². The van der Waals surface area contributed by atoms with E-state index in [4.69, 9.17) is 4.74 Å². The van der Waals surface area contributed by atoms with E-state index in [0.29, 0.717) is 17.4 Å². The molecule has 0 unspecified atom stereocenters. The summed E-state index contributed by atoms with van der Waals surface area (Å²) in [6.07, 6.45) is 4.57. The Morgan fingerprint density at radius 1 is 1.16 bits per heavy atom. The van der Waals surface area contributed by atoms with Gasteiger partial charge in [-0.1, -0.05) is 24.3 Å². The molecule has 3 aromatic rings. The number of methoxy groups -OCH3 is 1. The first kappa shape index (κ1) is 20.2. The van der Waals surface area contributed by atoms with Crippen LogP contribution in [-0.2, 0) is 0 Å². The van der Waals surface area contributed by atoms with Crippen LogP contribution in [0.1, 0.15) is 51.6 Å². The summed E-state index contributed by atoms with van der Waals surface area (Å²) in [6.45, 7) is 1.47. The minimum absolute atomic E-state index is 0.0623. The summed E-state index contributed by atoms with van der Waals surface area (Å²) >= 11 is 0. The molecule has 1 saturated heterocycles. The Bertz CT molecular complexity index is 1150. The molecular formula is C24H24N4O4. The van der Waals surface area contributed by atoms with E-state index < -0.39 is 5.97 Å². The van der Waals surface area contributed by atoms with Crippen LogP contribution in [0.25, 0.3) is 11.1 Å². The highest BCUT2D eigenvalue weighted by Gasteiger charge is 2.55. The largest absolute Gasteiger partial charge is 0.496 e. The summed E-state index contributed by atoms with van der Waals surface area (Å²) in [4.78, 5) is 25.7. The van der Waals surface area contributed by atoms with Crippen molar-refractivity contribution in [2.24, 2.45) is 5.41 Å². The fourth-order valence-electron chi connectivity index (χ4n) is 4.95. The first-order valence-electron chi connectivity index (χ1n) is 10.7. The van der Waals surface area contributed by atoms with Gasteiger partial charge in [-0.25, -0.2) is 4.79 Å². The number of hydrogen-bond acceptors (Lipinski definition) is 5. The number of likely N-dealkylation sites (tertiary alicyclic amines) is 1. The summed E-state index contributed by atoms with van der Waals surface area (Å²) in [5.74, 6) is 0.120. The van der Waals surface area contributed by atoms with Crippen LogP contribution in [0.5, 0.6) is 5.75 Å². The molecule has 5 rings (SSSR count). The first-order valence-corrected chi connectivity index (χ1v) is 10.7. The molecule has 8 nitrogen and oxygen atoms in total. The Balaban J connectivity index is 1.28. The third-order valence-corrected chi connectivity index (χ3v) is 6.94. The average Bonchev–Trinajstić information content (AvgIpc) is 3.24. The lowest BCUT2D eigenvalue weighted by atomic mass is 9.88. The minimum Gasteiger partial charge on any atom is -0.496 e. The van der Waals surface area contributed by atoms with Crippen LogP contribution in [0.15, 0.2) is 48.7 Å². The number of nitrogens with one attached hydrogen (secondary N) is 1. The number of benzene rings is 2. The van der Waals surface area contributed by atoms with Gasteiger partial charge in [0.2, 0.25) is 0 Å². The SMILES string of the molecule is COc1ccc(C(=O)O)cc1-c1ccc([C@H]2CC23CCN(C(=O)c2cn[nH]n2)CC3)cc1. The molecule has 1 spiro atoms. The van der Waals surface area contributed by atoms with E-state index in [1.165, 1.54) is 11.8 Å². The Morgan fingerprint density at radius 3 is 2.53 bits per heavy atom. The number of rotatable bonds is 5. The number of hydrogen-bond donors (Lipinski definition) is 2. The third-order valence-electron chi connectivity index (χ3n) is 6.94. The Kier molecular flexibility index (Phi) is 4.92. The van der Waals surface area contributed by atoms with Crippen LogP contribution in [0.4, 0.5) is 0 Å². The number of carbonyl (C=O) groups is 2. The smallest absolute Gasteiger partial charge is 0.335 e. The maximum absolute atomic E-state index is 12.5. The van der Waals surface area contributed by atoms with Crippen LogP contribution in [-0.4, -0.2) is 57.5 Å². The average molecular weight is 432 g/mol. The lowest BCUT2D eigenvalue weighted by Crippen LogP contribution is -2.39. The molecule has 1 aliphatic carbocycles. The van der Waals surface area contributed by atoms with Crippen LogP contribution in [0.3, 0.4) is 0 Å². The monoisotopic (exact) mass is 432 g/mol. The van der Waals surface area contributed by atoms with Gasteiger partial charge in [0.15, 0.2) is 5.69 Å². The summed E-state index contributed by atoms with van der Waals surface area (Å²) in [7, 11) is 1.58. The molecule has 2 heterocycles. The topological polar surface area (TPSA) is 108 Å². The second-order valence-corrected chi connectivity index (χ2v) is 8.61. The summed E-state index contributed by atoms with van der Waals surface area (Å²) in [5, 5.41) is 19.4. The van der Waals surface area contributed by atoms with Crippen LogP contribution in [0, 0.1) is 5.41 Å². The van der Waals surface area contributed by atoms with E-state index in [1.54, 1.807) is 25.3 Å². The zero-order chi connectivity index (χ0) is 22.3. The van der Waals surface area contributed by atoms with Gasteiger partial charge in [0.05, 0.1) is 18.9 Å². The third kappa shape index (κ3) is 3.51. The van der Waals surface area contributed by atoms with Gasteiger partial charge in [-0.3, -0.25) is 4.79 Å². The fraction of sp³-hybridized carbons (Fsp3) is 0.333. The van der Waals surface area contributed by atoms with Gasteiger partial charge in [0, 0.05) is 18.7 Å². The van der Waals surface area contributed by atoms with E-state index in [9.17, 15) is 14.7 Å². The normalized spacial score (nSPS) is 19.0. The standard InChI is InChI=1S/C24H24N4O4/c1-32-21-7-6-17(23(30)31)12-18(21)15-2-4-16(5-3-15)19-13-24(19)8-10-28(11-9-24)22(29)20-14-25-27-26-20/h2-7,12,14,19H,8-11,13H2,1H3,(H,30,31)(H,25,26,27)/t19-/m1/s1. The second-order valence-electron chi connectivity index (χ2n) is 8.61. The molecule has 32 heavy (non-hydrogen) atoms. The van der Waals surface area contributed by atoms with Gasteiger partial charge >= 0.3 is 5.97 Å². The molecule has 2 N–H and O–H groups in total. The highest BCUT2D eigenvalue weighted by atomic mass is 16.5. The molecule has 1 aromatic heterocycles. The van der Waals surface area contributed by atoms with Crippen LogP contribution < -0.4 is 4.74 Å². The second kappa shape index (κ2) is 7.78. The molecule has 1 saturated carbocycles. The molecule has 2 fully saturated rings. The van der Waals surface area contributed by atoms with Gasteiger partial charge in [-0.2, -0.15) is 15.4 Å². The van der Waals surface area contributed by atoms with Gasteiger partial charge in [0.1, 0.15) is 5.75 Å². The van der Waals surface area contributed by atoms with Crippen LogP contribution in [0.2, 0.25) is 0 Å². The zero-order valence-electron chi connectivity index (χ0n) is 17.7. The van der Waals surface area contributed by atoms with Crippen molar-refractivity contribution in [1.82, 2.24) is 20.3 Å². The molecule has 0 radical (unpaired) electrons. The van der Waals surface area contributed by atoms with Gasteiger partial charge in [-0.15, -0.1) is 0 Å². The molecule has 2 aliphatic rings. The molecular weight excluding hydrogens is 408 g/mol. The quantitative estimate of drug-likeness (QED) is 0.638. The Morgan fingerprint density at radius 2 is 1.91 bits per heavy atom. The highest BCUT2D eigenvalue weighted by Crippen LogP contribution is 2.65. The molecule has 8 heteroatoms. The van der Waals surface area contributed by atoms with Crippen molar-refractivity contribution < 1.29 is 19.4 Å². The molecule has 164 valence electrons. The zero-order valence-corrected chi connectivity index (χ0v) is 17.7. The van der Waals surface area contributed by atoms with Crippen molar-refractivity contribution in [3.05, 3.63) is 65.5 Å². The lowest BCUT2D eigenvalue weighted by molar-refractivity contribution is 0.0666. The number of aromatic nitrogens is 3. The van der Waals surface area contributed by atoms with Crippen molar-refractivity contribution in [2.45, 2.75) is 25.2 Å². The number of aromatic carboxylic acids is 1. The van der Waals surface area contributed by atoms with E-state index in [-0.39, 0.29) is 16.9 Å². The van der Waals surface area contributed by atoms with Gasteiger partial charge in [0.25, 0.3) is 5.91 Å². The predicted octanol–water partition coefficient (Wildman–Crippen LogP) is 3.59. The number of amides is 1. The summed E-state index contributed by atoms with van der Waals surface area (Å²) < 4.78 is 5.44. The van der Waals surface area contributed by atoms with Crippen molar-refractivity contribution >= 4 is 11.9 Å². The molecule has 0 bridgehead atoms. The molecule has 1 atom stereocenters. The van der Waals surface area contributed by atoms with E-state index >= 15 is 0 Å². The minimum atomic E-state index is -0.959. The summed E-state index contributed by atoms with van der Waals surface area (Å²) in [6, 6.07) is 13.2. The number of carbonyl (C=O) groups excluding carboxylic acids is 1. The van der Waals surface area contributed by atoms with E-state index in [1.807, 2.05) is 17.0 Å². The van der Waals surface area contributed by atoms with Crippen LogP contribution >= 0.6 is 0 Å². The number of ether oxygens (including phenoxy) is 1. The highest BCUT2D eigenvalue weighted by molar-refractivity contribution is 5.92. The number of nitrogens with zero attached hydrogens (tertiary/aromatic N) is 3. The maximum Gasteiger partial charge on any atom is 0.335 e. The number of piperidine rings is 1. The number of carboxylic acids is 1. The van der Waals surface area contributed by atoms with Crippen molar-refractivity contribution in [3.8, 4) is 16.9 Å². The van der Waals surface area contributed by atoms with Crippen molar-refractivity contribution in [1.29, 1.82) is 0 Å². The predicted molar refractivity (Wildman–Crippen MR) is 117 cm³/mol. The molecule has 2 aromatic carbocycles. The number of carboxylic acid groups (broad SMARTS) is 1. The Labute approximate surface area is 185 Å². The lowest BCUT2D eigenvalue weighted by Gasteiger charge is -2.32. The Hall–Kier alpha value is -3.68. The summed E-state index contributed by atoms with van der Waals surface area (Å²) in [5.41, 5.74) is 3.85. The van der Waals surface area contributed by atoms with Gasteiger partial charge in [-0.05, 0) is 59.9 Å². The van der Waals surface area contributed by atoms with Gasteiger partial charge < -0.3 is 14.7 Å². The fourth-order valence-corrected chi connectivity index (χ4v) is 4.95. The molecule has 1 amide bonds. The van der Waals surface area contributed by atoms with Crippen molar-refractivity contribution in [2.75, 3.05) is 20.2 Å². The first-order chi connectivity index (χ1) is 15.5. The van der Waals surface area contributed by atoms with E-state index in [2.05, 4.69) is 27.5 Å². The number of H-pyrrole nitrogens is 1. The van der Waals surface area contributed by atoms with Crippen molar-refractivity contribution in [3.63, 3.8) is 0 Å². The molecule has 1 aliphatic heterocycles. The number of aromatic amines is 1. The maximum atomic E-state index is 12.5.